The normalized spacial score (nSPS) is 10.3. The van der Waals surface area contributed by atoms with Crippen molar-refractivity contribution in [1.82, 2.24) is 0 Å². The van der Waals surface area contributed by atoms with Gasteiger partial charge in [-0.1, -0.05) is 17.7 Å². The maximum Gasteiger partial charge on any atom is 0.224 e. The molecule has 0 heterocycles. The second kappa shape index (κ2) is 10.3. The molecule has 0 saturated carbocycles. The topological polar surface area (TPSA) is 64.6 Å². The lowest BCUT2D eigenvalue weighted by atomic mass is 10.1. The Balaban J connectivity index is 1.47. The second-order valence-corrected chi connectivity index (χ2v) is 6.87. The highest BCUT2D eigenvalue weighted by Crippen LogP contribution is 2.23. The van der Waals surface area contributed by atoms with Gasteiger partial charge < -0.3 is 14.8 Å². The molecule has 30 heavy (non-hydrogen) atoms. The number of ketones is 1. The van der Waals surface area contributed by atoms with Crippen LogP contribution in [-0.4, -0.2) is 18.3 Å². The van der Waals surface area contributed by atoms with Crippen LogP contribution in [0.4, 0.5) is 5.69 Å². The molecule has 5 heteroatoms. The Morgan fingerprint density at radius 1 is 0.767 bits per heavy atom. The average Bonchev–Trinajstić information content (AvgIpc) is 2.76. The number of carbonyl (C=O) groups excluding carboxylic acids is 2. The van der Waals surface area contributed by atoms with Gasteiger partial charge in [0.25, 0.3) is 0 Å². The summed E-state index contributed by atoms with van der Waals surface area (Å²) in [6.07, 6.45) is 0.266. The number of anilines is 1. The average molecular weight is 403 g/mol. The summed E-state index contributed by atoms with van der Waals surface area (Å²) < 4.78 is 11.1. The lowest BCUT2D eigenvalue weighted by Crippen LogP contribution is -2.13. The molecule has 0 bridgehead atoms. The monoisotopic (exact) mass is 403 g/mol. The molecule has 3 aromatic rings. The van der Waals surface area contributed by atoms with E-state index in [1.54, 1.807) is 48.5 Å². The molecule has 5 nitrogen and oxygen atoms in total. The minimum Gasteiger partial charge on any atom is -0.494 e. The van der Waals surface area contributed by atoms with E-state index in [0.717, 1.165) is 11.5 Å². The van der Waals surface area contributed by atoms with E-state index < -0.39 is 0 Å². The highest BCUT2D eigenvalue weighted by atomic mass is 16.5. The van der Waals surface area contributed by atoms with Crippen LogP contribution in [0.1, 0.15) is 35.7 Å². The highest BCUT2D eigenvalue weighted by molar-refractivity contribution is 6.00. The first kappa shape index (κ1) is 21.1. The van der Waals surface area contributed by atoms with Gasteiger partial charge in [0.05, 0.1) is 6.61 Å². The number of nitrogens with one attached hydrogen (secondary N) is 1. The lowest BCUT2D eigenvalue weighted by molar-refractivity contribution is -0.116. The van der Waals surface area contributed by atoms with Gasteiger partial charge in [-0.2, -0.15) is 0 Å². The summed E-state index contributed by atoms with van der Waals surface area (Å²) in [5, 5.41) is 2.81. The maximum atomic E-state index is 12.3. The summed E-state index contributed by atoms with van der Waals surface area (Å²) in [5.74, 6) is 1.88. The maximum absolute atomic E-state index is 12.3. The van der Waals surface area contributed by atoms with Crippen LogP contribution >= 0.6 is 0 Å². The molecule has 0 aliphatic carbocycles. The number of rotatable bonds is 9. The van der Waals surface area contributed by atoms with Gasteiger partial charge in [0, 0.05) is 24.1 Å². The first-order chi connectivity index (χ1) is 14.5. The number of Topliss-reactive ketones (excluding diaryl/α,β-unsaturated/α-hetero) is 1. The summed E-state index contributed by atoms with van der Waals surface area (Å²) in [5.41, 5.74) is 2.40. The van der Waals surface area contributed by atoms with Crippen LogP contribution in [0.25, 0.3) is 0 Å². The summed E-state index contributed by atoms with van der Waals surface area (Å²) in [6.45, 7) is 4.50. The largest absolute Gasteiger partial charge is 0.494 e. The van der Waals surface area contributed by atoms with E-state index in [1.807, 2.05) is 38.1 Å². The predicted molar refractivity (Wildman–Crippen MR) is 118 cm³/mol. The molecule has 0 aliphatic rings. The summed E-state index contributed by atoms with van der Waals surface area (Å²) in [4.78, 5) is 24.5. The summed E-state index contributed by atoms with van der Waals surface area (Å²) >= 11 is 0. The van der Waals surface area contributed by atoms with Gasteiger partial charge in [-0.15, -0.1) is 0 Å². The van der Waals surface area contributed by atoms with Gasteiger partial charge in [-0.3, -0.25) is 9.59 Å². The smallest absolute Gasteiger partial charge is 0.224 e. The molecule has 0 radical (unpaired) electrons. The van der Waals surface area contributed by atoms with Crippen molar-refractivity contribution in [3.05, 3.63) is 83.9 Å². The number of ether oxygens (including phenoxy) is 2. The van der Waals surface area contributed by atoms with Crippen molar-refractivity contribution in [3.8, 4) is 17.2 Å². The fraction of sp³-hybridized carbons (Fsp3) is 0.200. The van der Waals surface area contributed by atoms with Crippen molar-refractivity contribution in [2.75, 3.05) is 11.9 Å². The minimum atomic E-state index is -0.207. The van der Waals surface area contributed by atoms with Crippen molar-refractivity contribution in [2.24, 2.45) is 0 Å². The third kappa shape index (κ3) is 6.21. The van der Waals surface area contributed by atoms with Crippen LogP contribution in [0.5, 0.6) is 17.2 Å². The van der Waals surface area contributed by atoms with Gasteiger partial charge >= 0.3 is 0 Å². The van der Waals surface area contributed by atoms with Crippen LogP contribution in [0.3, 0.4) is 0 Å². The van der Waals surface area contributed by atoms with Crippen LogP contribution in [0, 0.1) is 6.92 Å². The third-order valence-electron chi connectivity index (χ3n) is 4.46. The molecule has 0 saturated heterocycles. The Hall–Kier alpha value is -3.60. The third-order valence-corrected chi connectivity index (χ3v) is 4.46. The molecule has 0 fully saturated rings. The molecule has 1 N–H and O–H groups in total. The van der Waals surface area contributed by atoms with Gasteiger partial charge in [0.2, 0.25) is 5.91 Å². The highest BCUT2D eigenvalue weighted by Gasteiger charge is 2.10. The molecule has 0 aromatic heterocycles. The molecular weight excluding hydrogens is 378 g/mol. The fourth-order valence-electron chi connectivity index (χ4n) is 2.85. The molecule has 1 amide bonds. The van der Waals surface area contributed by atoms with E-state index in [9.17, 15) is 9.59 Å². The molecule has 154 valence electrons. The van der Waals surface area contributed by atoms with Crippen molar-refractivity contribution in [3.63, 3.8) is 0 Å². The zero-order valence-corrected chi connectivity index (χ0v) is 17.2. The summed E-state index contributed by atoms with van der Waals surface area (Å²) in [6, 6.07) is 21.9. The molecule has 3 aromatic carbocycles. The van der Waals surface area contributed by atoms with Crippen molar-refractivity contribution in [2.45, 2.75) is 26.7 Å². The molecule has 3 rings (SSSR count). The number of amides is 1. The van der Waals surface area contributed by atoms with Crippen molar-refractivity contribution >= 4 is 17.4 Å². The Morgan fingerprint density at radius 3 is 1.93 bits per heavy atom. The quantitative estimate of drug-likeness (QED) is 0.460. The van der Waals surface area contributed by atoms with Gasteiger partial charge in [-0.25, -0.2) is 0 Å². The van der Waals surface area contributed by atoms with E-state index in [1.165, 1.54) is 5.56 Å². The Labute approximate surface area is 176 Å². The lowest BCUT2D eigenvalue weighted by Gasteiger charge is -2.08. The van der Waals surface area contributed by atoms with Crippen LogP contribution in [0.2, 0.25) is 0 Å². The van der Waals surface area contributed by atoms with Crippen LogP contribution in [-0.2, 0) is 4.79 Å². The minimum absolute atomic E-state index is 0.0740. The van der Waals surface area contributed by atoms with Crippen LogP contribution in [0.15, 0.2) is 72.8 Å². The van der Waals surface area contributed by atoms with E-state index in [4.69, 9.17) is 9.47 Å². The predicted octanol–water partition coefficient (Wildman–Crippen LogP) is 5.79. The van der Waals surface area contributed by atoms with E-state index in [0.29, 0.717) is 23.6 Å². The van der Waals surface area contributed by atoms with E-state index in [-0.39, 0.29) is 24.5 Å². The molecule has 0 aliphatic heterocycles. The van der Waals surface area contributed by atoms with E-state index in [2.05, 4.69) is 5.32 Å². The Bertz CT molecular complexity index is 977. The molecule has 0 spiro atoms. The Kier molecular flexibility index (Phi) is 7.22. The van der Waals surface area contributed by atoms with Gasteiger partial charge in [-0.05, 0) is 74.5 Å². The fourth-order valence-corrected chi connectivity index (χ4v) is 2.85. The van der Waals surface area contributed by atoms with Gasteiger partial charge in [0.1, 0.15) is 17.2 Å². The second-order valence-electron chi connectivity index (χ2n) is 6.87. The molecular formula is C25H25NO4. The number of carbonyl (C=O) groups is 2. The number of hydrogen-bond acceptors (Lipinski definition) is 4. The summed E-state index contributed by atoms with van der Waals surface area (Å²) in [7, 11) is 0. The van der Waals surface area contributed by atoms with Gasteiger partial charge in [0.15, 0.2) is 5.78 Å². The molecule has 0 unspecified atom stereocenters. The van der Waals surface area contributed by atoms with Crippen LogP contribution < -0.4 is 14.8 Å². The first-order valence-electron chi connectivity index (χ1n) is 9.94. The SMILES string of the molecule is CCOc1ccc(C(=O)CCC(=O)Nc2ccc(Oc3ccc(C)cc3)cc2)cc1. The zero-order valence-electron chi connectivity index (χ0n) is 17.2. The van der Waals surface area contributed by atoms with Crippen molar-refractivity contribution < 1.29 is 19.1 Å². The Morgan fingerprint density at radius 2 is 1.33 bits per heavy atom. The number of benzene rings is 3. The standard InChI is InChI=1S/C25H25NO4/c1-3-29-21-12-6-19(7-13-21)24(27)16-17-25(28)26-20-8-14-23(15-9-20)30-22-10-4-18(2)5-11-22/h4-15H,3,16-17H2,1-2H3,(H,26,28). The first-order valence-corrected chi connectivity index (χ1v) is 9.94. The number of aryl methyl sites for hydroxylation is 1. The van der Waals surface area contributed by atoms with Crippen molar-refractivity contribution in [1.29, 1.82) is 0 Å². The number of hydrogen-bond donors (Lipinski definition) is 1. The zero-order chi connectivity index (χ0) is 21.3. The molecule has 0 atom stereocenters. The van der Waals surface area contributed by atoms with E-state index >= 15 is 0 Å².